The van der Waals surface area contributed by atoms with Gasteiger partial charge in [-0.3, -0.25) is 9.59 Å². The van der Waals surface area contributed by atoms with Crippen molar-refractivity contribution in [3.05, 3.63) is 35.4 Å². The lowest BCUT2D eigenvalue weighted by Crippen LogP contribution is -2.37. The lowest BCUT2D eigenvalue weighted by molar-refractivity contribution is -0.137. The Hall–Kier alpha value is -1.49. The molecule has 1 N–H and O–H groups in total. The Balaban J connectivity index is 2.04. The number of amides is 1. The zero-order valence-electron chi connectivity index (χ0n) is 11.5. The highest BCUT2D eigenvalue weighted by Crippen LogP contribution is 2.28. The quantitative estimate of drug-likeness (QED) is 0.839. The highest BCUT2D eigenvalue weighted by Gasteiger charge is 2.34. The lowest BCUT2D eigenvalue weighted by Gasteiger charge is -2.20. The molecule has 1 aromatic carbocycles. The van der Waals surface area contributed by atoms with E-state index >= 15 is 0 Å². The number of carboxylic acid groups (broad SMARTS) is 1. The summed E-state index contributed by atoms with van der Waals surface area (Å²) in [5.74, 6) is 0.868. The maximum absolute atomic E-state index is 12.3. The van der Waals surface area contributed by atoms with Crippen LogP contribution >= 0.6 is 11.8 Å². The normalized spacial score (nSPS) is 14.1. The summed E-state index contributed by atoms with van der Waals surface area (Å²) in [5, 5.41) is 8.90. The monoisotopic (exact) mass is 293 g/mol. The summed E-state index contributed by atoms with van der Waals surface area (Å²) in [6.45, 7) is 1.90. The summed E-state index contributed by atoms with van der Waals surface area (Å²) >= 11 is 1.83. The van der Waals surface area contributed by atoms with E-state index in [9.17, 15) is 9.59 Å². The van der Waals surface area contributed by atoms with Gasteiger partial charge >= 0.3 is 5.97 Å². The molecule has 0 spiro atoms. The summed E-state index contributed by atoms with van der Waals surface area (Å²) in [6, 6.07) is 7.59. The van der Waals surface area contributed by atoms with E-state index in [4.69, 9.17) is 5.11 Å². The molecular formula is C15H19NO3S. The highest BCUT2D eigenvalue weighted by molar-refractivity contribution is 7.98. The van der Waals surface area contributed by atoms with Gasteiger partial charge in [0.1, 0.15) is 6.54 Å². The number of hydrogen-bond donors (Lipinski definition) is 1. The van der Waals surface area contributed by atoms with Crippen LogP contribution in [0.1, 0.15) is 35.7 Å². The SMILES string of the molecule is CCSCc1ccc(C(=O)N(CC(=O)O)C2CC2)cc1. The summed E-state index contributed by atoms with van der Waals surface area (Å²) in [4.78, 5) is 24.7. The number of hydrogen-bond acceptors (Lipinski definition) is 3. The van der Waals surface area contributed by atoms with Crippen LogP contribution in [-0.4, -0.2) is 40.2 Å². The zero-order chi connectivity index (χ0) is 14.5. The predicted octanol–water partition coefficient (Wildman–Crippen LogP) is 2.63. The molecule has 0 aliphatic heterocycles. The standard InChI is InChI=1S/C15H19NO3S/c1-2-20-10-11-3-5-12(6-4-11)15(19)16(9-14(17)18)13-7-8-13/h3-6,13H,2,7-10H2,1H3,(H,17,18). The maximum Gasteiger partial charge on any atom is 0.323 e. The van der Waals surface area contributed by atoms with Gasteiger partial charge in [-0.1, -0.05) is 19.1 Å². The Morgan fingerprint density at radius 1 is 1.30 bits per heavy atom. The first-order valence-electron chi connectivity index (χ1n) is 6.81. The molecule has 1 saturated carbocycles. The molecule has 4 nitrogen and oxygen atoms in total. The first-order valence-corrected chi connectivity index (χ1v) is 7.96. The molecule has 0 bridgehead atoms. The van der Waals surface area contributed by atoms with Gasteiger partial charge in [-0.2, -0.15) is 11.8 Å². The topological polar surface area (TPSA) is 57.6 Å². The minimum Gasteiger partial charge on any atom is -0.480 e. The third-order valence-corrected chi connectivity index (χ3v) is 4.17. The van der Waals surface area contributed by atoms with E-state index in [2.05, 4.69) is 6.92 Å². The number of thioether (sulfide) groups is 1. The van der Waals surface area contributed by atoms with Gasteiger partial charge in [0.25, 0.3) is 5.91 Å². The van der Waals surface area contributed by atoms with E-state index in [0.29, 0.717) is 5.56 Å². The fourth-order valence-corrected chi connectivity index (χ4v) is 2.66. The van der Waals surface area contributed by atoms with Gasteiger partial charge in [-0.05, 0) is 36.3 Å². The van der Waals surface area contributed by atoms with E-state index in [1.165, 1.54) is 10.5 Å². The predicted molar refractivity (Wildman–Crippen MR) is 80.0 cm³/mol. The van der Waals surface area contributed by atoms with E-state index < -0.39 is 5.97 Å². The Bertz CT molecular complexity index is 482. The molecule has 1 fully saturated rings. The van der Waals surface area contributed by atoms with Crippen molar-refractivity contribution in [3.63, 3.8) is 0 Å². The second-order valence-corrected chi connectivity index (χ2v) is 6.17. The van der Waals surface area contributed by atoms with E-state index in [-0.39, 0.29) is 18.5 Å². The van der Waals surface area contributed by atoms with Gasteiger partial charge in [0, 0.05) is 17.4 Å². The van der Waals surface area contributed by atoms with E-state index in [1.54, 1.807) is 12.1 Å². The summed E-state index contributed by atoms with van der Waals surface area (Å²) < 4.78 is 0. The average Bonchev–Trinajstić information content (AvgIpc) is 3.26. The van der Waals surface area contributed by atoms with Crippen molar-refractivity contribution in [3.8, 4) is 0 Å². The van der Waals surface area contributed by atoms with Crippen LogP contribution in [0.5, 0.6) is 0 Å². The minimum absolute atomic E-state index is 0.105. The highest BCUT2D eigenvalue weighted by atomic mass is 32.2. The Labute approximate surface area is 123 Å². The Kier molecular flexibility index (Phi) is 5.06. The van der Waals surface area contributed by atoms with Gasteiger partial charge in [0.2, 0.25) is 0 Å². The smallest absolute Gasteiger partial charge is 0.323 e. The molecule has 1 aromatic rings. The molecule has 2 rings (SSSR count). The third kappa shape index (κ3) is 4.00. The fraction of sp³-hybridized carbons (Fsp3) is 0.467. The lowest BCUT2D eigenvalue weighted by atomic mass is 10.1. The van der Waals surface area contributed by atoms with Crippen molar-refractivity contribution < 1.29 is 14.7 Å². The molecule has 0 radical (unpaired) electrons. The van der Waals surface area contributed by atoms with Crippen LogP contribution in [0, 0.1) is 0 Å². The molecule has 20 heavy (non-hydrogen) atoms. The molecule has 1 aliphatic rings. The van der Waals surface area contributed by atoms with Crippen molar-refractivity contribution in [1.29, 1.82) is 0 Å². The molecule has 0 aromatic heterocycles. The number of carbonyl (C=O) groups is 2. The number of carbonyl (C=O) groups excluding carboxylic acids is 1. The van der Waals surface area contributed by atoms with Crippen LogP contribution in [0.4, 0.5) is 0 Å². The van der Waals surface area contributed by atoms with Crippen LogP contribution in [0.3, 0.4) is 0 Å². The van der Waals surface area contributed by atoms with Crippen LogP contribution in [0.25, 0.3) is 0 Å². The molecule has 1 aliphatic carbocycles. The van der Waals surface area contributed by atoms with E-state index in [0.717, 1.165) is 24.3 Å². The molecule has 0 unspecified atom stereocenters. The molecule has 0 atom stereocenters. The molecule has 0 saturated heterocycles. The van der Waals surface area contributed by atoms with Crippen LogP contribution in [0.2, 0.25) is 0 Å². The first-order chi connectivity index (χ1) is 9.61. The summed E-state index contributed by atoms with van der Waals surface area (Å²) in [5.41, 5.74) is 1.76. The molecule has 0 heterocycles. The Morgan fingerprint density at radius 2 is 1.95 bits per heavy atom. The largest absolute Gasteiger partial charge is 0.480 e. The number of carboxylic acids is 1. The Morgan fingerprint density at radius 3 is 2.45 bits per heavy atom. The molecular weight excluding hydrogens is 274 g/mol. The maximum atomic E-state index is 12.3. The van der Waals surface area contributed by atoms with Crippen molar-refractivity contribution >= 4 is 23.6 Å². The minimum atomic E-state index is -0.957. The molecule has 108 valence electrons. The molecule has 1 amide bonds. The number of nitrogens with zero attached hydrogens (tertiary/aromatic N) is 1. The van der Waals surface area contributed by atoms with Crippen molar-refractivity contribution in [1.82, 2.24) is 4.90 Å². The van der Waals surface area contributed by atoms with Crippen molar-refractivity contribution in [2.24, 2.45) is 0 Å². The second kappa shape index (κ2) is 6.79. The van der Waals surface area contributed by atoms with E-state index in [1.807, 2.05) is 23.9 Å². The van der Waals surface area contributed by atoms with Gasteiger partial charge in [0.15, 0.2) is 0 Å². The van der Waals surface area contributed by atoms with Crippen molar-refractivity contribution in [2.45, 2.75) is 31.6 Å². The molecule has 5 heteroatoms. The second-order valence-electron chi connectivity index (χ2n) is 4.89. The van der Waals surface area contributed by atoms with Gasteiger partial charge in [0.05, 0.1) is 0 Å². The van der Waals surface area contributed by atoms with Crippen LogP contribution in [-0.2, 0) is 10.5 Å². The number of aliphatic carboxylic acids is 1. The van der Waals surface area contributed by atoms with Crippen LogP contribution < -0.4 is 0 Å². The van der Waals surface area contributed by atoms with Crippen molar-refractivity contribution in [2.75, 3.05) is 12.3 Å². The summed E-state index contributed by atoms with van der Waals surface area (Å²) in [7, 11) is 0. The van der Waals surface area contributed by atoms with Gasteiger partial charge in [-0.15, -0.1) is 0 Å². The number of rotatable bonds is 7. The average molecular weight is 293 g/mol. The number of benzene rings is 1. The zero-order valence-corrected chi connectivity index (χ0v) is 12.4. The van der Waals surface area contributed by atoms with Gasteiger partial charge in [-0.25, -0.2) is 0 Å². The van der Waals surface area contributed by atoms with Crippen LogP contribution in [0.15, 0.2) is 24.3 Å². The van der Waals surface area contributed by atoms with Gasteiger partial charge < -0.3 is 10.0 Å². The first kappa shape index (κ1) is 14.9. The summed E-state index contributed by atoms with van der Waals surface area (Å²) in [6.07, 6.45) is 1.81. The third-order valence-electron chi connectivity index (χ3n) is 3.23. The fourth-order valence-electron chi connectivity index (χ4n) is 2.03.